The van der Waals surface area contributed by atoms with Crippen LogP contribution in [0.15, 0.2) is 65.7 Å². The number of pyridine rings is 2. The van der Waals surface area contributed by atoms with Gasteiger partial charge in [0.15, 0.2) is 0 Å². The molecule has 3 heterocycles. The number of aliphatic imine (C=N–C) groups is 1. The lowest BCUT2D eigenvalue weighted by atomic mass is 9.68. The van der Waals surface area contributed by atoms with E-state index in [1.54, 1.807) is 5.57 Å². The highest BCUT2D eigenvalue weighted by molar-refractivity contribution is 5.73. The number of nitrogens with zero attached hydrogens (tertiary/aromatic N) is 3. The standard InChI is InChI=1S/C20H28N2.C9H15N.C2H6/c1-5-6-19(18-9-13-22-14-10-18)20(3,4)15-16(2)17-7-11-21-12-8-17;1-3-8(2)9-4-6-10-7-5-9;1-2/h7-14,16,19H,5-6,15H2,1-4H3;4,6,8H,3,5,7H2,1-2H3;1-2H3. The van der Waals surface area contributed by atoms with Crippen molar-refractivity contribution in [1.29, 1.82) is 0 Å². The fourth-order valence-electron chi connectivity index (χ4n) is 4.81. The number of allylic oxidation sites excluding steroid dienone is 1. The highest BCUT2D eigenvalue weighted by atomic mass is 14.7. The molecular weight excluding hydrogens is 414 g/mol. The molecule has 0 saturated heterocycles. The Balaban J connectivity index is 0.000000402. The molecule has 0 fully saturated rings. The van der Waals surface area contributed by atoms with Crippen molar-refractivity contribution in [2.45, 2.75) is 99.3 Å². The Morgan fingerprint density at radius 3 is 1.88 bits per heavy atom. The molecule has 3 rings (SSSR count). The lowest BCUT2D eigenvalue weighted by Gasteiger charge is -2.37. The van der Waals surface area contributed by atoms with Crippen LogP contribution in [0.25, 0.3) is 0 Å². The van der Waals surface area contributed by atoms with Crippen molar-refractivity contribution in [3.63, 3.8) is 0 Å². The highest BCUT2D eigenvalue weighted by Gasteiger charge is 2.32. The van der Waals surface area contributed by atoms with E-state index in [1.165, 1.54) is 43.2 Å². The zero-order valence-corrected chi connectivity index (χ0v) is 23.1. The number of aromatic nitrogens is 2. The summed E-state index contributed by atoms with van der Waals surface area (Å²) < 4.78 is 0. The Bertz CT molecular complexity index is 824. The van der Waals surface area contributed by atoms with Crippen molar-refractivity contribution in [3.05, 3.63) is 71.8 Å². The van der Waals surface area contributed by atoms with Crippen LogP contribution in [0.2, 0.25) is 0 Å². The van der Waals surface area contributed by atoms with Crippen LogP contribution in [0.1, 0.15) is 110 Å². The van der Waals surface area contributed by atoms with E-state index >= 15 is 0 Å². The third-order valence-electron chi connectivity index (χ3n) is 6.91. The van der Waals surface area contributed by atoms with Gasteiger partial charge in [-0.2, -0.15) is 0 Å². The van der Waals surface area contributed by atoms with Crippen molar-refractivity contribution < 1.29 is 0 Å². The Kier molecular flexibility index (Phi) is 14.3. The van der Waals surface area contributed by atoms with Crippen LogP contribution in [0.3, 0.4) is 0 Å². The molecule has 0 amide bonds. The maximum absolute atomic E-state index is 4.17. The Labute approximate surface area is 210 Å². The zero-order valence-electron chi connectivity index (χ0n) is 23.1. The van der Waals surface area contributed by atoms with Gasteiger partial charge in [0.1, 0.15) is 0 Å². The molecule has 34 heavy (non-hydrogen) atoms. The van der Waals surface area contributed by atoms with Crippen LogP contribution in [-0.2, 0) is 0 Å². The van der Waals surface area contributed by atoms with E-state index in [-0.39, 0.29) is 5.41 Å². The fourth-order valence-corrected chi connectivity index (χ4v) is 4.81. The van der Waals surface area contributed by atoms with Gasteiger partial charge in [-0.25, -0.2) is 0 Å². The van der Waals surface area contributed by atoms with E-state index < -0.39 is 0 Å². The normalized spacial score (nSPS) is 15.6. The minimum absolute atomic E-state index is 0.250. The summed E-state index contributed by atoms with van der Waals surface area (Å²) >= 11 is 0. The third kappa shape index (κ3) is 9.91. The maximum atomic E-state index is 4.17. The molecule has 3 nitrogen and oxygen atoms in total. The van der Waals surface area contributed by atoms with E-state index in [1.807, 2.05) is 44.8 Å². The van der Waals surface area contributed by atoms with Crippen LogP contribution >= 0.6 is 0 Å². The van der Waals surface area contributed by atoms with Crippen molar-refractivity contribution >= 4 is 6.21 Å². The van der Waals surface area contributed by atoms with E-state index in [2.05, 4.69) is 86.8 Å². The van der Waals surface area contributed by atoms with Gasteiger partial charge in [-0.05, 0) is 90.3 Å². The van der Waals surface area contributed by atoms with E-state index in [0.717, 1.165) is 12.5 Å². The predicted octanol–water partition coefficient (Wildman–Crippen LogP) is 9.04. The Morgan fingerprint density at radius 2 is 1.41 bits per heavy atom. The number of hydrogen-bond acceptors (Lipinski definition) is 3. The second-order valence-electron chi connectivity index (χ2n) is 9.85. The molecule has 2 aromatic heterocycles. The summed E-state index contributed by atoms with van der Waals surface area (Å²) in [4.78, 5) is 12.4. The van der Waals surface area contributed by atoms with Gasteiger partial charge >= 0.3 is 0 Å². The smallest absolute Gasteiger partial charge is 0.0426 e. The molecule has 0 saturated carbocycles. The van der Waals surface area contributed by atoms with Crippen LogP contribution in [0.5, 0.6) is 0 Å². The average Bonchev–Trinajstić information content (AvgIpc) is 2.89. The molecule has 0 aliphatic carbocycles. The van der Waals surface area contributed by atoms with E-state index in [9.17, 15) is 0 Å². The van der Waals surface area contributed by atoms with Gasteiger partial charge in [0.25, 0.3) is 0 Å². The topological polar surface area (TPSA) is 38.1 Å². The number of dihydropyridines is 1. The van der Waals surface area contributed by atoms with E-state index in [4.69, 9.17) is 0 Å². The van der Waals surface area contributed by atoms with Gasteiger partial charge in [-0.3, -0.25) is 15.0 Å². The molecule has 2 aromatic rings. The van der Waals surface area contributed by atoms with Gasteiger partial charge in [0.05, 0.1) is 0 Å². The lowest BCUT2D eigenvalue weighted by molar-refractivity contribution is 0.233. The summed E-state index contributed by atoms with van der Waals surface area (Å²) in [6.45, 7) is 18.9. The minimum Gasteiger partial charge on any atom is -0.293 e. The van der Waals surface area contributed by atoms with Crippen molar-refractivity contribution in [2.75, 3.05) is 6.54 Å². The monoisotopic (exact) mass is 463 g/mol. The summed E-state index contributed by atoms with van der Waals surface area (Å²) in [5, 5.41) is 0. The Hall–Kier alpha value is -2.29. The molecule has 0 bridgehead atoms. The van der Waals surface area contributed by atoms with Gasteiger partial charge in [0, 0.05) is 37.5 Å². The summed E-state index contributed by atoms with van der Waals surface area (Å²) in [5.74, 6) is 1.87. The molecule has 1 aliphatic rings. The van der Waals surface area contributed by atoms with Crippen molar-refractivity contribution in [3.8, 4) is 0 Å². The molecule has 3 heteroatoms. The first-order chi connectivity index (χ1) is 16.4. The summed E-state index contributed by atoms with van der Waals surface area (Å²) in [6.07, 6.45) is 17.7. The Morgan fingerprint density at radius 1 is 0.853 bits per heavy atom. The molecule has 3 atom stereocenters. The second kappa shape index (κ2) is 16.4. The average molecular weight is 464 g/mol. The molecule has 188 valence electrons. The first-order valence-electron chi connectivity index (χ1n) is 13.4. The van der Waals surface area contributed by atoms with Crippen molar-refractivity contribution in [2.24, 2.45) is 16.3 Å². The molecule has 1 aliphatic heterocycles. The zero-order chi connectivity index (χ0) is 25.4. The summed E-state index contributed by atoms with van der Waals surface area (Å²) in [7, 11) is 0. The van der Waals surface area contributed by atoms with Crippen LogP contribution in [-0.4, -0.2) is 22.7 Å². The van der Waals surface area contributed by atoms with Crippen LogP contribution in [0, 0.1) is 11.3 Å². The fraction of sp³-hybridized carbons (Fsp3) is 0.581. The summed E-state index contributed by atoms with van der Waals surface area (Å²) in [6, 6.07) is 8.64. The number of rotatable bonds is 9. The minimum atomic E-state index is 0.250. The predicted molar refractivity (Wildman–Crippen MR) is 150 cm³/mol. The van der Waals surface area contributed by atoms with Crippen molar-refractivity contribution in [1.82, 2.24) is 9.97 Å². The SMILES string of the molecule is CC.CCC(C)C1=CC=NCC1.CCCC(c1ccncc1)C(C)(C)CC(C)c1ccncc1. The van der Waals surface area contributed by atoms with Crippen LogP contribution in [0.4, 0.5) is 0 Å². The third-order valence-corrected chi connectivity index (χ3v) is 6.91. The highest BCUT2D eigenvalue weighted by Crippen LogP contribution is 2.45. The van der Waals surface area contributed by atoms with E-state index in [0.29, 0.717) is 11.8 Å². The number of hydrogen-bond donors (Lipinski definition) is 0. The first kappa shape index (κ1) is 29.7. The summed E-state index contributed by atoms with van der Waals surface area (Å²) in [5.41, 5.74) is 4.62. The largest absolute Gasteiger partial charge is 0.293 e. The van der Waals surface area contributed by atoms with Gasteiger partial charge in [-0.1, -0.05) is 67.4 Å². The molecule has 0 spiro atoms. The molecule has 3 unspecified atom stereocenters. The quantitative estimate of drug-likeness (QED) is 0.372. The van der Waals surface area contributed by atoms with Gasteiger partial charge in [0.2, 0.25) is 0 Å². The maximum Gasteiger partial charge on any atom is 0.0426 e. The van der Waals surface area contributed by atoms with Crippen LogP contribution < -0.4 is 0 Å². The lowest BCUT2D eigenvalue weighted by Crippen LogP contribution is -2.24. The molecule has 0 aromatic carbocycles. The molecule has 0 radical (unpaired) electrons. The van der Waals surface area contributed by atoms with Gasteiger partial charge in [-0.15, -0.1) is 0 Å². The molecule has 0 N–H and O–H groups in total. The second-order valence-corrected chi connectivity index (χ2v) is 9.85. The first-order valence-corrected chi connectivity index (χ1v) is 13.4. The van der Waals surface area contributed by atoms with Gasteiger partial charge < -0.3 is 0 Å². The molecular formula is C31H49N3.